The van der Waals surface area contributed by atoms with Crippen LogP contribution < -0.4 is 9.47 Å². The molecule has 0 saturated heterocycles. The van der Waals surface area contributed by atoms with E-state index < -0.39 is 18.2 Å². The highest BCUT2D eigenvalue weighted by Gasteiger charge is 2.33. The number of aliphatic carboxylic acids is 1. The Balaban J connectivity index is 1.24. The molecule has 0 amide bonds. The van der Waals surface area contributed by atoms with Crippen LogP contribution in [0.15, 0.2) is 17.4 Å². The summed E-state index contributed by atoms with van der Waals surface area (Å²) in [5.41, 5.74) is 4.74. The fraction of sp³-hybridized carbons (Fsp3) is 0.577. The van der Waals surface area contributed by atoms with E-state index in [1.54, 1.807) is 18.7 Å². The first-order chi connectivity index (χ1) is 17.5. The molecule has 2 aliphatic carbocycles. The van der Waals surface area contributed by atoms with Crippen LogP contribution in [0.1, 0.15) is 92.5 Å². The van der Waals surface area contributed by atoms with Gasteiger partial charge < -0.3 is 19.3 Å². The van der Waals surface area contributed by atoms with Crippen LogP contribution in [-0.4, -0.2) is 44.9 Å². The molecule has 1 unspecified atom stereocenters. The van der Waals surface area contributed by atoms with Gasteiger partial charge in [0.05, 0.1) is 12.2 Å². The summed E-state index contributed by atoms with van der Waals surface area (Å²) < 4.78 is 17.0. The molecule has 0 spiro atoms. The third kappa shape index (κ3) is 6.27. The zero-order valence-electron chi connectivity index (χ0n) is 20.4. The molecule has 0 aromatic carbocycles. The average Bonchev–Trinajstić information content (AvgIpc) is 3.78. The summed E-state index contributed by atoms with van der Waals surface area (Å²) in [7, 11) is 0. The minimum Gasteiger partial charge on any atom is -0.481 e. The summed E-state index contributed by atoms with van der Waals surface area (Å²) >= 11 is 1.55. The number of pyridine rings is 1. The Bertz CT molecular complexity index is 1100. The Kier molecular flexibility index (Phi) is 7.59. The summed E-state index contributed by atoms with van der Waals surface area (Å²) in [4.78, 5) is 36.7. The van der Waals surface area contributed by atoms with Crippen molar-refractivity contribution < 1.29 is 28.9 Å². The van der Waals surface area contributed by atoms with Crippen molar-refractivity contribution in [1.29, 1.82) is 0 Å². The number of hydrogen-bond acceptors (Lipinski definition) is 9. The van der Waals surface area contributed by atoms with E-state index in [4.69, 9.17) is 24.3 Å². The van der Waals surface area contributed by atoms with E-state index in [1.165, 1.54) is 42.5 Å². The number of aromatic nitrogens is 3. The number of ether oxygens (including phenoxy) is 3. The highest BCUT2D eigenvalue weighted by molar-refractivity contribution is 7.98. The summed E-state index contributed by atoms with van der Waals surface area (Å²) in [5.74, 6) is 1.55. The van der Waals surface area contributed by atoms with Crippen molar-refractivity contribution in [2.75, 3.05) is 6.61 Å². The van der Waals surface area contributed by atoms with Gasteiger partial charge in [0.1, 0.15) is 0 Å². The number of hydrogen-bond donors (Lipinski definition) is 1. The first-order valence-electron chi connectivity index (χ1n) is 12.7. The third-order valence-corrected chi connectivity index (χ3v) is 7.42. The second-order valence-electron chi connectivity index (χ2n) is 9.57. The lowest BCUT2D eigenvalue weighted by Crippen LogP contribution is -2.22. The molecule has 5 rings (SSSR count). The van der Waals surface area contributed by atoms with Crippen LogP contribution in [0, 0.1) is 0 Å². The molecule has 1 aliphatic heterocycles. The van der Waals surface area contributed by atoms with Gasteiger partial charge >= 0.3 is 11.9 Å². The van der Waals surface area contributed by atoms with Crippen LogP contribution in [0.5, 0.6) is 11.8 Å². The summed E-state index contributed by atoms with van der Waals surface area (Å²) in [5, 5.41) is 9.27. The van der Waals surface area contributed by atoms with E-state index >= 15 is 0 Å². The summed E-state index contributed by atoms with van der Waals surface area (Å²) in [6.07, 6.45) is 7.70. The molecule has 2 aromatic rings. The molecule has 3 aliphatic rings. The number of carboxylic acids is 1. The highest BCUT2D eigenvalue weighted by Crippen LogP contribution is 2.48. The van der Waals surface area contributed by atoms with Crippen molar-refractivity contribution in [2.45, 2.75) is 93.7 Å². The van der Waals surface area contributed by atoms with E-state index in [-0.39, 0.29) is 12.8 Å². The van der Waals surface area contributed by atoms with Gasteiger partial charge in [-0.25, -0.2) is 0 Å². The zero-order valence-corrected chi connectivity index (χ0v) is 21.2. The minimum absolute atomic E-state index is 0.0379. The predicted molar refractivity (Wildman–Crippen MR) is 131 cm³/mol. The number of thioether (sulfide) groups is 1. The van der Waals surface area contributed by atoms with Gasteiger partial charge in [-0.1, -0.05) is 11.8 Å². The first-order valence-corrected chi connectivity index (χ1v) is 13.7. The normalized spacial score (nSPS) is 17.2. The van der Waals surface area contributed by atoms with Crippen LogP contribution in [-0.2, 0) is 26.5 Å². The number of carbonyl (C=O) groups is 2. The Morgan fingerprint density at radius 3 is 2.69 bits per heavy atom. The van der Waals surface area contributed by atoms with Gasteiger partial charge in [-0.15, -0.1) is 0 Å². The quantitative estimate of drug-likeness (QED) is 0.132. The van der Waals surface area contributed by atoms with E-state index in [1.807, 2.05) is 6.20 Å². The smallest absolute Gasteiger partial charge is 0.308 e. The molecule has 2 aromatic heterocycles. The zero-order chi connectivity index (χ0) is 25.1. The number of carbonyl (C=O) groups excluding carboxylic acids is 1. The Morgan fingerprint density at radius 2 is 1.94 bits per heavy atom. The molecule has 2 fully saturated rings. The van der Waals surface area contributed by atoms with E-state index in [0.717, 1.165) is 11.3 Å². The van der Waals surface area contributed by atoms with Crippen LogP contribution >= 0.6 is 11.8 Å². The van der Waals surface area contributed by atoms with Gasteiger partial charge in [0, 0.05) is 49.7 Å². The van der Waals surface area contributed by atoms with E-state index in [0.29, 0.717) is 54.6 Å². The number of nitrogens with zero attached hydrogens (tertiary/aromatic N) is 3. The van der Waals surface area contributed by atoms with Gasteiger partial charge in [0.25, 0.3) is 0 Å². The van der Waals surface area contributed by atoms with Gasteiger partial charge in [-0.05, 0) is 61.6 Å². The van der Waals surface area contributed by atoms with Gasteiger partial charge in [-0.2, -0.15) is 9.97 Å². The largest absolute Gasteiger partial charge is 0.481 e. The predicted octanol–water partition coefficient (Wildman–Crippen LogP) is 4.77. The van der Waals surface area contributed by atoms with E-state index in [9.17, 15) is 9.59 Å². The van der Waals surface area contributed by atoms with Crippen LogP contribution in [0.3, 0.4) is 0 Å². The number of carboxylic acid groups (broad SMARTS) is 1. The molecular weight excluding hydrogens is 482 g/mol. The molecule has 1 N–H and O–H groups in total. The highest BCUT2D eigenvalue weighted by atomic mass is 32.2. The van der Waals surface area contributed by atoms with Crippen LogP contribution in [0.25, 0.3) is 0 Å². The maximum absolute atomic E-state index is 12.1. The summed E-state index contributed by atoms with van der Waals surface area (Å²) in [6.45, 7) is 2.15. The van der Waals surface area contributed by atoms with Gasteiger partial charge in [0.15, 0.2) is 5.16 Å². The second kappa shape index (κ2) is 11.0. The Morgan fingerprint density at radius 1 is 1.17 bits per heavy atom. The van der Waals surface area contributed by atoms with E-state index in [2.05, 4.69) is 16.0 Å². The fourth-order valence-corrected chi connectivity index (χ4v) is 5.33. The molecular formula is C26H31N3O6S. The molecule has 3 heterocycles. The number of fused-ring (bicyclic) bond motifs is 1. The molecule has 192 valence electrons. The van der Waals surface area contributed by atoms with Crippen molar-refractivity contribution in [3.05, 3.63) is 34.6 Å². The van der Waals surface area contributed by atoms with Crippen molar-refractivity contribution in [3.63, 3.8) is 0 Å². The number of rotatable bonds is 13. The van der Waals surface area contributed by atoms with Crippen molar-refractivity contribution >= 4 is 23.7 Å². The Labute approximate surface area is 214 Å². The third-order valence-electron chi connectivity index (χ3n) is 6.55. The standard InChI is InChI=1S/C26H31N3O6S/c1-15(34-22(32)5-3-2-4-21(30)31)35-25-19-11-13-33-24(19)28-26(29-25)36-14-20-18(16-6-7-16)10-12-27-23(20)17-8-9-17/h10,12,15-17H,2-9,11,13-14H2,1H3,(H,30,31). The van der Waals surface area contributed by atoms with Gasteiger partial charge in [-0.3, -0.25) is 14.6 Å². The molecule has 1 atom stereocenters. The number of unbranched alkanes of at least 4 members (excludes halogenated alkanes) is 1. The fourth-order valence-electron chi connectivity index (χ4n) is 4.44. The first kappa shape index (κ1) is 24.8. The maximum Gasteiger partial charge on any atom is 0.308 e. The lowest BCUT2D eigenvalue weighted by molar-refractivity contribution is -0.162. The molecule has 36 heavy (non-hydrogen) atoms. The topological polar surface area (TPSA) is 121 Å². The van der Waals surface area contributed by atoms with Crippen molar-refractivity contribution in [3.8, 4) is 11.8 Å². The second-order valence-corrected chi connectivity index (χ2v) is 10.5. The van der Waals surface area contributed by atoms with Crippen LogP contribution in [0.2, 0.25) is 0 Å². The molecule has 2 saturated carbocycles. The average molecular weight is 514 g/mol. The van der Waals surface area contributed by atoms with Gasteiger partial charge in [0.2, 0.25) is 18.1 Å². The maximum atomic E-state index is 12.1. The SMILES string of the molecule is CC(OC(=O)CCCCC(=O)O)Oc1nc(SCc2c(C3CC3)ccnc2C2CC2)nc2c1CCO2. The Hall–Kier alpha value is -2.88. The monoisotopic (exact) mass is 513 g/mol. The number of esters is 1. The van der Waals surface area contributed by atoms with Crippen molar-refractivity contribution in [2.24, 2.45) is 0 Å². The molecule has 10 heteroatoms. The van der Waals surface area contributed by atoms with Crippen LogP contribution in [0.4, 0.5) is 0 Å². The minimum atomic E-state index is -0.871. The van der Waals surface area contributed by atoms with Crippen molar-refractivity contribution in [1.82, 2.24) is 15.0 Å². The molecule has 0 bridgehead atoms. The lowest BCUT2D eigenvalue weighted by Gasteiger charge is -2.17. The summed E-state index contributed by atoms with van der Waals surface area (Å²) in [6, 6.07) is 2.17. The molecule has 0 radical (unpaired) electrons. The lowest BCUT2D eigenvalue weighted by atomic mass is 10.0. The molecule has 9 nitrogen and oxygen atoms in total.